The first kappa shape index (κ1) is 11.8. The van der Waals surface area contributed by atoms with Gasteiger partial charge in [0.1, 0.15) is 5.76 Å². The molecule has 3 nitrogen and oxygen atoms in total. The molecular weight excluding hydrogens is 246 g/mol. The van der Waals surface area contributed by atoms with E-state index in [0.29, 0.717) is 0 Å². The van der Waals surface area contributed by atoms with Crippen molar-refractivity contribution < 1.29 is 9.52 Å². The van der Waals surface area contributed by atoms with Crippen molar-refractivity contribution in [1.29, 1.82) is 0 Å². The molecule has 0 aliphatic heterocycles. The molecule has 4 heteroatoms. The van der Waals surface area contributed by atoms with Crippen LogP contribution in [0.5, 0.6) is 0 Å². The Hall–Kier alpha value is -0.320. The summed E-state index contributed by atoms with van der Waals surface area (Å²) in [5, 5.41) is 12.3. The quantitative estimate of drug-likeness (QED) is 0.856. The first-order chi connectivity index (χ1) is 6.59. The Bertz CT molecular complexity index is 273. The molecule has 80 valence electrons. The van der Waals surface area contributed by atoms with Gasteiger partial charge in [-0.2, -0.15) is 0 Å². The Morgan fingerprint density at radius 2 is 2.21 bits per heavy atom. The van der Waals surface area contributed by atoms with Gasteiger partial charge in [0.05, 0.1) is 12.1 Å². The van der Waals surface area contributed by atoms with Crippen LogP contribution >= 0.6 is 15.9 Å². The van der Waals surface area contributed by atoms with Gasteiger partial charge in [-0.05, 0) is 54.9 Å². The summed E-state index contributed by atoms with van der Waals surface area (Å²) in [7, 11) is 0. The van der Waals surface area contributed by atoms with Crippen molar-refractivity contribution in [1.82, 2.24) is 5.32 Å². The van der Waals surface area contributed by atoms with Crippen LogP contribution in [0.2, 0.25) is 0 Å². The lowest BCUT2D eigenvalue weighted by atomic mass is 10.2. The van der Waals surface area contributed by atoms with Crippen LogP contribution in [0.1, 0.15) is 32.1 Å². The average Bonchev–Trinajstić information content (AvgIpc) is 2.51. The van der Waals surface area contributed by atoms with Crippen molar-refractivity contribution in [2.24, 2.45) is 0 Å². The van der Waals surface area contributed by atoms with Gasteiger partial charge in [-0.1, -0.05) is 0 Å². The van der Waals surface area contributed by atoms with Crippen LogP contribution in [0.25, 0.3) is 0 Å². The van der Waals surface area contributed by atoms with E-state index in [-0.39, 0.29) is 12.1 Å². The number of hydrogen-bond acceptors (Lipinski definition) is 3. The maximum absolute atomic E-state index is 9.07. The summed E-state index contributed by atoms with van der Waals surface area (Å²) in [5.74, 6) is 0.905. The Labute approximate surface area is 92.6 Å². The van der Waals surface area contributed by atoms with Crippen molar-refractivity contribution in [3.63, 3.8) is 0 Å². The fraction of sp³-hybridized carbons (Fsp3) is 0.600. The largest absolute Gasteiger partial charge is 0.453 e. The number of nitrogens with one attached hydrogen (secondary N) is 1. The molecule has 0 aliphatic carbocycles. The van der Waals surface area contributed by atoms with Crippen molar-refractivity contribution in [2.75, 3.05) is 6.54 Å². The molecule has 2 atom stereocenters. The topological polar surface area (TPSA) is 45.4 Å². The van der Waals surface area contributed by atoms with E-state index in [0.717, 1.165) is 23.4 Å². The first-order valence-electron chi connectivity index (χ1n) is 4.76. The lowest BCUT2D eigenvalue weighted by Gasteiger charge is -2.11. The number of aliphatic hydroxyl groups excluding tert-OH is 1. The highest BCUT2D eigenvalue weighted by Crippen LogP contribution is 2.19. The lowest BCUT2D eigenvalue weighted by Crippen LogP contribution is -2.22. The normalized spacial score (nSPS) is 15.4. The van der Waals surface area contributed by atoms with Gasteiger partial charge >= 0.3 is 0 Å². The Morgan fingerprint density at radius 1 is 1.50 bits per heavy atom. The summed E-state index contributed by atoms with van der Waals surface area (Å²) in [6.07, 6.45) is 0.504. The SMILES string of the molecule is CC(O)CCNC(C)c1ccc(Br)o1. The van der Waals surface area contributed by atoms with Crippen molar-refractivity contribution in [3.05, 3.63) is 22.6 Å². The minimum absolute atomic E-state index is 0.181. The van der Waals surface area contributed by atoms with Gasteiger partial charge in [0.15, 0.2) is 4.67 Å². The molecule has 1 aromatic rings. The molecule has 0 saturated heterocycles. The molecule has 1 rings (SSSR count). The predicted molar refractivity (Wildman–Crippen MR) is 59.1 cm³/mol. The van der Waals surface area contributed by atoms with Crippen LogP contribution in [0, 0.1) is 0 Å². The fourth-order valence-corrected chi connectivity index (χ4v) is 1.49. The molecular formula is C10H16BrNO2. The number of rotatable bonds is 5. The van der Waals surface area contributed by atoms with Crippen LogP contribution < -0.4 is 5.32 Å². The number of furan rings is 1. The monoisotopic (exact) mass is 261 g/mol. The van der Waals surface area contributed by atoms with E-state index in [1.165, 1.54) is 0 Å². The molecule has 2 N–H and O–H groups in total. The summed E-state index contributed by atoms with van der Waals surface area (Å²) in [5.41, 5.74) is 0. The number of hydrogen-bond donors (Lipinski definition) is 2. The highest BCUT2D eigenvalue weighted by atomic mass is 79.9. The molecule has 1 heterocycles. The molecule has 0 spiro atoms. The van der Waals surface area contributed by atoms with E-state index in [1.54, 1.807) is 6.92 Å². The molecule has 0 bridgehead atoms. The van der Waals surface area contributed by atoms with E-state index in [1.807, 2.05) is 19.1 Å². The molecule has 0 aromatic carbocycles. The van der Waals surface area contributed by atoms with Crippen molar-refractivity contribution in [3.8, 4) is 0 Å². The maximum Gasteiger partial charge on any atom is 0.169 e. The van der Waals surface area contributed by atoms with E-state index >= 15 is 0 Å². The Morgan fingerprint density at radius 3 is 2.71 bits per heavy atom. The molecule has 2 unspecified atom stereocenters. The van der Waals surface area contributed by atoms with E-state index in [4.69, 9.17) is 9.52 Å². The number of halogens is 1. The van der Waals surface area contributed by atoms with Gasteiger partial charge in [-0.3, -0.25) is 0 Å². The zero-order valence-corrected chi connectivity index (χ0v) is 10.0. The van der Waals surface area contributed by atoms with Gasteiger partial charge in [0, 0.05) is 0 Å². The maximum atomic E-state index is 9.07. The molecule has 0 radical (unpaired) electrons. The van der Waals surface area contributed by atoms with Crippen LogP contribution in [0.4, 0.5) is 0 Å². The summed E-state index contributed by atoms with van der Waals surface area (Å²) >= 11 is 3.26. The standard InChI is InChI=1S/C10H16BrNO2/c1-7(13)5-6-12-8(2)9-3-4-10(11)14-9/h3-4,7-8,12-13H,5-6H2,1-2H3. The van der Waals surface area contributed by atoms with Gasteiger partial charge in [0.25, 0.3) is 0 Å². The third-order valence-corrected chi connectivity index (χ3v) is 2.46. The molecule has 0 amide bonds. The molecule has 1 aromatic heterocycles. The van der Waals surface area contributed by atoms with Gasteiger partial charge in [0.2, 0.25) is 0 Å². The number of aliphatic hydroxyl groups is 1. The smallest absolute Gasteiger partial charge is 0.169 e. The summed E-state index contributed by atoms with van der Waals surface area (Å²) < 4.78 is 6.14. The minimum atomic E-state index is -0.252. The van der Waals surface area contributed by atoms with Crippen molar-refractivity contribution >= 4 is 15.9 Å². The van der Waals surface area contributed by atoms with Crippen LogP contribution in [0.15, 0.2) is 21.2 Å². The highest BCUT2D eigenvalue weighted by molar-refractivity contribution is 9.10. The van der Waals surface area contributed by atoms with E-state index in [9.17, 15) is 0 Å². The fourth-order valence-electron chi connectivity index (χ4n) is 1.17. The second-order valence-electron chi connectivity index (χ2n) is 3.46. The van der Waals surface area contributed by atoms with Crippen LogP contribution in [-0.2, 0) is 0 Å². The van der Waals surface area contributed by atoms with Crippen LogP contribution in [0.3, 0.4) is 0 Å². The molecule has 0 fully saturated rings. The van der Waals surface area contributed by atoms with Gasteiger partial charge in [-0.15, -0.1) is 0 Å². The average molecular weight is 262 g/mol. The predicted octanol–water partition coefficient (Wildman–Crippen LogP) is 2.46. The van der Waals surface area contributed by atoms with Gasteiger partial charge < -0.3 is 14.8 Å². The summed E-state index contributed by atoms with van der Waals surface area (Å²) in [6, 6.07) is 3.99. The summed E-state index contributed by atoms with van der Waals surface area (Å²) in [4.78, 5) is 0. The third-order valence-electron chi connectivity index (χ3n) is 2.03. The van der Waals surface area contributed by atoms with E-state index in [2.05, 4.69) is 21.2 Å². The lowest BCUT2D eigenvalue weighted by molar-refractivity contribution is 0.182. The molecule has 0 aliphatic rings. The van der Waals surface area contributed by atoms with Gasteiger partial charge in [-0.25, -0.2) is 0 Å². The Kier molecular flexibility index (Phi) is 4.65. The second kappa shape index (κ2) is 5.53. The van der Waals surface area contributed by atoms with E-state index < -0.39 is 0 Å². The first-order valence-corrected chi connectivity index (χ1v) is 5.55. The van der Waals surface area contributed by atoms with Crippen LogP contribution in [-0.4, -0.2) is 17.8 Å². The zero-order chi connectivity index (χ0) is 10.6. The Balaban J connectivity index is 2.32. The summed E-state index contributed by atoms with van der Waals surface area (Å²) in [6.45, 7) is 4.61. The minimum Gasteiger partial charge on any atom is -0.453 e. The van der Waals surface area contributed by atoms with Crippen molar-refractivity contribution in [2.45, 2.75) is 32.4 Å². The zero-order valence-electron chi connectivity index (χ0n) is 8.46. The molecule has 14 heavy (non-hydrogen) atoms. The molecule has 0 saturated carbocycles. The highest BCUT2D eigenvalue weighted by Gasteiger charge is 2.08. The third kappa shape index (κ3) is 3.82. The second-order valence-corrected chi connectivity index (χ2v) is 4.24.